The van der Waals surface area contributed by atoms with E-state index < -0.39 is 11.7 Å². The summed E-state index contributed by atoms with van der Waals surface area (Å²) in [5, 5.41) is 11.8. The van der Waals surface area contributed by atoms with E-state index in [9.17, 15) is 9.18 Å². The van der Waals surface area contributed by atoms with Crippen LogP contribution in [-0.4, -0.2) is 26.6 Å². The second-order valence-electron chi connectivity index (χ2n) is 4.30. The number of hydrogen-bond acceptors (Lipinski definition) is 3. The van der Waals surface area contributed by atoms with Gasteiger partial charge in [-0.2, -0.15) is 0 Å². The Morgan fingerprint density at radius 2 is 2.37 bits per heavy atom. The predicted molar refractivity (Wildman–Crippen MR) is 67.2 cm³/mol. The molecule has 0 saturated heterocycles. The Balaban J connectivity index is 2.00. The van der Waals surface area contributed by atoms with Crippen molar-refractivity contribution in [3.8, 4) is 5.75 Å². The van der Waals surface area contributed by atoms with Gasteiger partial charge in [-0.25, -0.2) is 9.37 Å². The molecule has 0 aliphatic carbocycles. The van der Waals surface area contributed by atoms with Gasteiger partial charge in [0.05, 0.1) is 11.9 Å². The first-order valence-corrected chi connectivity index (χ1v) is 5.81. The summed E-state index contributed by atoms with van der Waals surface area (Å²) in [7, 11) is 0. The lowest BCUT2D eigenvalue weighted by Gasteiger charge is -2.14. The van der Waals surface area contributed by atoms with E-state index in [1.807, 2.05) is 11.5 Å². The highest BCUT2D eigenvalue weighted by molar-refractivity contribution is 5.94. The number of benzene rings is 1. The molecule has 0 bridgehead atoms. The summed E-state index contributed by atoms with van der Waals surface area (Å²) in [5.41, 5.74) is -0.0877. The first kappa shape index (κ1) is 13.1. The van der Waals surface area contributed by atoms with E-state index in [0.717, 1.165) is 6.07 Å². The van der Waals surface area contributed by atoms with E-state index in [1.165, 1.54) is 12.1 Å². The Morgan fingerprint density at radius 3 is 3.00 bits per heavy atom. The third-order valence-corrected chi connectivity index (χ3v) is 2.62. The Morgan fingerprint density at radius 1 is 1.58 bits per heavy atom. The Hall–Kier alpha value is -2.37. The molecule has 0 aliphatic rings. The number of aromatic hydroxyl groups is 1. The first-order chi connectivity index (χ1) is 9.06. The maximum absolute atomic E-state index is 13.5. The van der Waals surface area contributed by atoms with Gasteiger partial charge in [0.15, 0.2) is 0 Å². The number of halogens is 1. The number of carbonyl (C=O) groups excluding carboxylic acids is 1. The molecule has 1 heterocycles. The molecule has 5 nitrogen and oxygen atoms in total. The van der Waals surface area contributed by atoms with Crippen molar-refractivity contribution >= 4 is 5.91 Å². The predicted octanol–water partition coefficient (Wildman–Crippen LogP) is 1.55. The molecule has 0 spiro atoms. The second-order valence-corrected chi connectivity index (χ2v) is 4.30. The van der Waals surface area contributed by atoms with Gasteiger partial charge in [0.2, 0.25) is 0 Å². The van der Waals surface area contributed by atoms with Crippen LogP contribution in [0.2, 0.25) is 0 Å². The van der Waals surface area contributed by atoms with E-state index in [-0.39, 0.29) is 17.4 Å². The van der Waals surface area contributed by atoms with Crippen molar-refractivity contribution in [2.75, 3.05) is 0 Å². The lowest BCUT2D eigenvalue weighted by atomic mass is 10.1. The lowest BCUT2D eigenvalue weighted by molar-refractivity contribution is 0.0932. The number of rotatable bonds is 4. The minimum Gasteiger partial charge on any atom is -0.508 e. The molecule has 2 aromatic rings. The summed E-state index contributed by atoms with van der Waals surface area (Å²) < 4.78 is 15.3. The van der Waals surface area contributed by atoms with Crippen molar-refractivity contribution in [3.63, 3.8) is 0 Å². The number of amides is 1. The fourth-order valence-corrected chi connectivity index (χ4v) is 1.75. The zero-order valence-corrected chi connectivity index (χ0v) is 10.4. The third kappa shape index (κ3) is 3.31. The minimum atomic E-state index is -0.743. The summed E-state index contributed by atoms with van der Waals surface area (Å²) in [5.74, 6) is -1.46. The van der Waals surface area contributed by atoms with Gasteiger partial charge in [0.1, 0.15) is 11.6 Å². The van der Waals surface area contributed by atoms with Crippen LogP contribution < -0.4 is 5.32 Å². The van der Waals surface area contributed by atoms with Crippen LogP contribution in [0.25, 0.3) is 0 Å². The van der Waals surface area contributed by atoms with E-state index in [0.29, 0.717) is 6.54 Å². The number of nitrogens with zero attached hydrogens (tertiary/aromatic N) is 2. The van der Waals surface area contributed by atoms with Gasteiger partial charge in [-0.15, -0.1) is 0 Å². The fraction of sp³-hybridized carbons (Fsp3) is 0.231. The van der Waals surface area contributed by atoms with E-state index >= 15 is 0 Å². The molecule has 1 atom stereocenters. The van der Waals surface area contributed by atoms with E-state index in [1.54, 1.807) is 18.7 Å². The topological polar surface area (TPSA) is 67.2 Å². The maximum Gasteiger partial charge on any atom is 0.254 e. The molecule has 0 fully saturated rings. The summed E-state index contributed by atoms with van der Waals surface area (Å²) in [6.07, 6.45) is 5.07. The largest absolute Gasteiger partial charge is 0.508 e. The second kappa shape index (κ2) is 5.51. The van der Waals surface area contributed by atoms with Crippen molar-refractivity contribution in [2.45, 2.75) is 19.5 Å². The summed E-state index contributed by atoms with van der Waals surface area (Å²) >= 11 is 0. The molecule has 2 N–H and O–H groups in total. The zero-order chi connectivity index (χ0) is 13.8. The fourth-order valence-electron chi connectivity index (χ4n) is 1.75. The van der Waals surface area contributed by atoms with Crippen molar-refractivity contribution in [1.29, 1.82) is 0 Å². The van der Waals surface area contributed by atoms with Crippen LogP contribution in [0, 0.1) is 5.82 Å². The Labute approximate surface area is 109 Å². The molecule has 2 rings (SSSR count). The molecule has 1 amide bonds. The monoisotopic (exact) mass is 263 g/mol. The molecular formula is C13H14FN3O2. The number of phenolic OH excluding ortho intramolecular Hbond substituents is 1. The quantitative estimate of drug-likeness (QED) is 0.879. The van der Waals surface area contributed by atoms with Crippen LogP contribution in [0.1, 0.15) is 17.3 Å². The van der Waals surface area contributed by atoms with Gasteiger partial charge in [0, 0.05) is 31.0 Å². The third-order valence-electron chi connectivity index (χ3n) is 2.62. The first-order valence-electron chi connectivity index (χ1n) is 5.81. The highest BCUT2D eigenvalue weighted by Gasteiger charge is 2.14. The van der Waals surface area contributed by atoms with Gasteiger partial charge in [-0.05, 0) is 19.1 Å². The number of phenols is 1. The summed E-state index contributed by atoms with van der Waals surface area (Å²) in [6.45, 7) is 2.36. The van der Waals surface area contributed by atoms with Gasteiger partial charge in [-0.1, -0.05) is 0 Å². The molecule has 6 heteroatoms. The highest BCUT2D eigenvalue weighted by atomic mass is 19.1. The van der Waals surface area contributed by atoms with Crippen LogP contribution in [0.3, 0.4) is 0 Å². The number of aromatic nitrogens is 2. The SMILES string of the molecule is CC(Cn1ccnc1)NC(=O)c1ccc(O)cc1F. The minimum absolute atomic E-state index is 0.0877. The Bertz CT molecular complexity index is 569. The van der Waals surface area contributed by atoms with Crippen LogP contribution in [0.5, 0.6) is 5.75 Å². The van der Waals surface area contributed by atoms with E-state index in [4.69, 9.17) is 5.11 Å². The van der Waals surface area contributed by atoms with Gasteiger partial charge < -0.3 is 15.0 Å². The van der Waals surface area contributed by atoms with Crippen LogP contribution in [-0.2, 0) is 6.54 Å². The molecule has 0 saturated carbocycles. The highest BCUT2D eigenvalue weighted by Crippen LogP contribution is 2.15. The van der Waals surface area contributed by atoms with Gasteiger partial charge >= 0.3 is 0 Å². The molecule has 0 radical (unpaired) electrons. The number of carbonyl (C=O) groups is 1. The molecular weight excluding hydrogens is 249 g/mol. The molecule has 1 aromatic carbocycles. The average molecular weight is 263 g/mol. The normalized spacial score (nSPS) is 12.1. The number of imidazole rings is 1. The number of hydrogen-bond donors (Lipinski definition) is 2. The lowest BCUT2D eigenvalue weighted by Crippen LogP contribution is -2.35. The number of nitrogens with one attached hydrogen (secondary N) is 1. The van der Waals surface area contributed by atoms with Gasteiger partial charge in [-0.3, -0.25) is 4.79 Å². The molecule has 19 heavy (non-hydrogen) atoms. The van der Waals surface area contributed by atoms with Gasteiger partial charge in [0.25, 0.3) is 5.91 Å². The molecule has 1 unspecified atom stereocenters. The standard InChI is InChI=1S/C13H14FN3O2/c1-9(7-17-5-4-15-8-17)16-13(19)11-3-2-10(18)6-12(11)14/h2-6,8-9,18H,7H2,1H3,(H,16,19). The Kier molecular flexibility index (Phi) is 3.79. The van der Waals surface area contributed by atoms with Crippen LogP contribution in [0.15, 0.2) is 36.9 Å². The maximum atomic E-state index is 13.5. The summed E-state index contributed by atoms with van der Waals surface area (Å²) in [4.78, 5) is 15.8. The molecule has 100 valence electrons. The van der Waals surface area contributed by atoms with Crippen LogP contribution in [0.4, 0.5) is 4.39 Å². The zero-order valence-electron chi connectivity index (χ0n) is 10.4. The average Bonchev–Trinajstić information content (AvgIpc) is 2.81. The molecule has 0 aliphatic heterocycles. The van der Waals surface area contributed by atoms with Crippen molar-refractivity contribution in [3.05, 3.63) is 48.3 Å². The van der Waals surface area contributed by atoms with E-state index in [2.05, 4.69) is 10.3 Å². The summed E-state index contributed by atoms with van der Waals surface area (Å²) in [6, 6.07) is 3.27. The van der Waals surface area contributed by atoms with Crippen molar-refractivity contribution < 1.29 is 14.3 Å². The molecule has 1 aromatic heterocycles. The van der Waals surface area contributed by atoms with Crippen molar-refractivity contribution in [1.82, 2.24) is 14.9 Å². The van der Waals surface area contributed by atoms with Crippen molar-refractivity contribution in [2.24, 2.45) is 0 Å². The smallest absolute Gasteiger partial charge is 0.254 e. The van der Waals surface area contributed by atoms with Crippen LogP contribution >= 0.6 is 0 Å².